The number of rotatable bonds is 19. The topological polar surface area (TPSA) is 102 Å². The van der Waals surface area contributed by atoms with Crippen LogP contribution in [0.4, 0.5) is 0 Å². The van der Waals surface area contributed by atoms with Gasteiger partial charge >= 0.3 is 11.9 Å². The number of likely N-dealkylation sites (tertiary alicyclic amines) is 1. The molecule has 1 amide bonds. The lowest BCUT2D eigenvalue weighted by molar-refractivity contribution is -0.162. The lowest BCUT2D eigenvalue weighted by Gasteiger charge is -2.23. The van der Waals surface area contributed by atoms with Crippen molar-refractivity contribution in [3.8, 4) is 0 Å². The second-order valence-corrected chi connectivity index (χ2v) is 11.2. The van der Waals surface area contributed by atoms with Crippen LogP contribution >= 0.6 is 0 Å². The van der Waals surface area contributed by atoms with E-state index >= 15 is 0 Å². The average molecular weight is 572 g/mol. The predicted molar refractivity (Wildman–Crippen MR) is 157 cm³/mol. The number of nitrogens with zero attached hydrogens (tertiary/aromatic N) is 1. The molecule has 8 nitrogen and oxygen atoms in total. The number of aliphatic hydroxyl groups excluding tert-OH is 1. The van der Waals surface area contributed by atoms with Crippen LogP contribution in [-0.2, 0) is 35.2 Å². The summed E-state index contributed by atoms with van der Waals surface area (Å²) in [5.41, 5.74) is 0.874. The molecule has 3 atom stereocenters. The maximum Gasteiger partial charge on any atom is 0.348 e. The number of carbonyl (C=O) groups excluding carboxylic acids is 3. The van der Waals surface area contributed by atoms with E-state index in [1.54, 1.807) is 6.08 Å². The highest BCUT2D eigenvalue weighted by atomic mass is 16.6. The first-order valence-corrected chi connectivity index (χ1v) is 15.7. The number of aliphatic hydroxyl groups is 1. The Morgan fingerprint density at radius 1 is 0.927 bits per heavy atom. The zero-order valence-corrected chi connectivity index (χ0v) is 24.8. The summed E-state index contributed by atoms with van der Waals surface area (Å²) in [5, 5.41) is 10.5. The van der Waals surface area contributed by atoms with E-state index in [1.165, 1.54) is 62.7 Å². The van der Waals surface area contributed by atoms with Gasteiger partial charge < -0.3 is 24.2 Å². The van der Waals surface area contributed by atoms with Crippen molar-refractivity contribution in [1.82, 2.24) is 4.90 Å². The second-order valence-electron chi connectivity index (χ2n) is 11.2. The van der Waals surface area contributed by atoms with E-state index in [0.717, 1.165) is 18.4 Å². The van der Waals surface area contributed by atoms with Crippen molar-refractivity contribution < 1.29 is 33.7 Å². The molecule has 1 aromatic rings. The molecule has 2 aliphatic heterocycles. The van der Waals surface area contributed by atoms with Crippen LogP contribution in [0.2, 0.25) is 0 Å². The van der Waals surface area contributed by atoms with Gasteiger partial charge in [0.1, 0.15) is 24.5 Å². The van der Waals surface area contributed by atoms with Crippen molar-refractivity contribution in [3.63, 3.8) is 0 Å². The van der Waals surface area contributed by atoms with Gasteiger partial charge in [0.2, 0.25) is 0 Å². The number of esters is 2. The van der Waals surface area contributed by atoms with Crippen LogP contribution in [0.5, 0.6) is 0 Å². The molecule has 1 aromatic carbocycles. The maximum absolute atomic E-state index is 12.8. The van der Waals surface area contributed by atoms with E-state index in [-0.39, 0.29) is 6.61 Å². The minimum Gasteiger partial charge on any atom is -0.480 e. The normalized spacial score (nSPS) is 19.0. The fourth-order valence-corrected chi connectivity index (χ4v) is 5.43. The Balaban J connectivity index is 1.26. The van der Waals surface area contributed by atoms with E-state index in [4.69, 9.17) is 14.2 Å². The van der Waals surface area contributed by atoms with Crippen LogP contribution < -0.4 is 0 Å². The van der Waals surface area contributed by atoms with E-state index in [9.17, 15) is 19.5 Å². The van der Waals surface area contributed by atoms with E-state index < -0.39 is 42.7 Å². The number of carbonyl (C=O) groups is 3. The molecule has 228 valence electrons. The van der Waals surface area contributed by atoms with Crippen molar-refractivity contribution >= 4 is 17.8 Å². The van der Waals surface area contributed by atoms with Gasteiger partial charge in [-0.2, -0.15) is 0 Å². The van der Waals surface area contributed by atoms with Crippen LogP contribution in [0.1, 0.15) is 109 Å². The van der Waals surface area contributed by atoms with Gasteiger partial charge in [-0.3, -0.25) is 4.79 Å². The largest absolute Gasteiger partial charge is 0.480 e. The van der Waals surface area contributed by atoms with E-state index in [0.29, 0.717) is 38.0 Å². The van der Waals surface area contributed by atoms with Gasteiger partial charge in [0.05, 0.1) is 0 Å². The molecule has 2 heterocycles. The van der Waals surface area contributed by atoms with Crippen molar-refractivity contribution in [1.29, 1.82) is 0 Å². The molecule has 0 radical (unpaired) electrons. The summed E-state index contributed by atoms with van der Waals surface area (Å²) >= 11 is 0. The Labute approximate surface area is 245 Å². The molecule has 0 aliphatic carbocycles. The van der Waals surface area contributed by atoms with Crippen molar-refractivity contribution in [3.05, 3.63) is 47.7 Å². The third-order valence-corrected chi connectivity index (χ3v) is 7.89. The Kier molecular flexibility index (Phi) is 14.8. The molecular weight excluding hydrogens is 522 g/mol. The van der Waals surface area contributed by atoms with Crippen molar-refractivity contribution in [2.24, 2.45) is 0 Å². The number of benzene rings is 1. The first-order valence-electron chi connectivity index (χ1n) is 15.7. The first-order chi connectivity index (χ1) is 20.0. The lowest BCUT2D eigenvalue weighted by Crippen LogP contribution is -2.43. The van der Waals surface area contributed by atoms with Crippen molar-refractivity contribution in [2.75, 3.05) is 13.2 Å². The molecule has 0 aromatic heterocycles. The Hall–Kier alpha value is -2.87. The SMILES string of the molecule is CCCCCCCCCCCCCC(O)C1=CCC(C(=O)OCC(=O)N2CCCC2C(=O)OCc2ccccc2)O1. The fourth-order valence-electron chi connectivity index (χ4n) is 5.43. The minimum atomic E-state index is -0.866. The average Bonchev–Trinajstić information content (AvgIpc) is 3.69. The van der Waals surface area contributed by atoms with Gasteiger partial charge in [0.15, 0.2) is 12.7 Å². The minimum absolute atomic E-state index is 0.145. The van der Waals surface area contributed by atoms with Gasteiger partial charge in [0.25, 0.3) is 5.91 Å². The summed E-state index contributed by atoms with van der Waals surface area (Å²) in [7, 11) is 0. The van der Waals surface area contributed by atoms with Crippen LogP contribution in [-0.4, -0.2) is 59.3 Å². The summed E-state index contributed by atoms with van der Waals surface area (Å²) in [6, 6.07) is 8.69. The monoisotopic (exact) mass is 571 g/mol. The molecular formula is C33H49NO7. The Bertz CT molecular complexity index is 964. The third-order valence-electron chi connectivity index (χ3n) is 7.89. The molecule has 3 unspecified atom stereocenters. The Morgan fingerprint density at radius 2 is 1.59 bits per heavy atom. The standard InChI is InChI=1S/C33H49NO7/c1-2-3-4-5-6-7-8-9-10-11-15-20-28(35)29-21-22-30(41-29)33(38)40-25-31(36)34-23-16-19-27(34)32(37)39-24-26-17-13-12-14-18-26/h12-14,17-18,21,27-28,30,35H,2-11,15-16,19-20,22-25H2,1H3. The van der Waals surface area contributed by atoms with Crippen LogP contribution in [0, 0.1) is 0 Å². The molecule has 1 saturated heterocycles. The van der Waals surface area contributed by atoms with Gasteiger partial charge in [-0.25, -0.2) is 9.59 Å². The number of amides is 1. The number of unbranched alkanes of at least 4 members (excludes halogenated alkanes) is 10. The zero-order chi connectivity index (χ0) is 29.3. The van der Waals surface area contributed by atoms with Crippen LogP contribution in [0.3, 0.4) is 0 Å². The maximum atomic E-state index is 12.8. The first kappa shape index (κ1) is 32.6. The van der Waals surface area contributed by atoms with Gasteiger partial charge in [0, 0.05) is 13.0 Å². The van der Waals surface area contributed by atoms with Gasteiger partial charge in [-0.15, -0.1) is 0 Å². The van der Waals surface area contributed by atoms with Crippen LogP contribution in [0.15, 0.2) is 42.2 Å². The predicted octanol–water partition coefficient (Wildman–Crippen LogP) is 6.00. The zero-order valence-electron chi connectivity index (χ0n) is 24.8. The number of hydrogen-bond donors (Lipinski definition) is 1. The molecule has 1 fully saturated rings. The molecule has 0 bridgehead atoms. The fraction of sp³-hybridized carbons (Fsp3) is 0.667. The molecule has 0 saturated carbocycles. The quantitative estimate of drug-likeness (QED) is 0.161. The third kappa shape index (κ3) is 11.5. The summed E-state index contributed by atoms with van der Waals surface area (Å²) in [5.74, 6) is -1.12. The number of hydrogen-bond acceptors (Lipinski definition) is 7. The molecule has 8 heteroatoms. The lowest BCUT2D eigenvalue weighted by atomic mass is 10.0. The summed E-state index contributed by atoms with van der Waals surface area (Å²) in [6.45, 7) is 2.34. The van der Waals surface area contributed by atoms with Gasteiger partial charge in [-0.05, 0) is 30.9 Å². The van der Waals surface area contributed by atoms with Crippen molar-refractivity contribution in [2.45, 2.75) is 128 Å². The molecule has 0 spiro atoms. The summed E-state index contributed by atoms with van der Waals surface area (Å²) < 4.78 is 16.3. The second kappa shape index (κ2) is 18.5. The highest BCUT2D eigenvalue weighted by Gasteiger charge is 2.36. The smallest absolute Gasteiger partial charge is 0.348 e. The van der Waals surface area contributed by atoms with Crippen LogP contribution in [0.25, 0.3) is 0 Å². The highest BCUT2D eigenvalue weighted by Crippen LogP contribution is 2.25. The molecule has 41 heavy (non-hydrogen) atoms. The Morgan fingerprint density at radius 3 is 2.27 bits per heavy atom. The highest BCUT2D eigenvalue weighted by molar-refractivity contribution is 5.87. The van der Waals surface area contributed by atoms with Gasteiger partial charge in [-0.1, -0.05) is 108 Å². The molecule has 3 rings (SSSR count). The molecule has 2 aliphatic rings. The summed E-state index contributed by atoms with van der Waals surface area (Å²) in [6.07, 6.45) is 15.9. The summed E-state index contributed by atoms with van der Waals surface area (Å²) in [4.78, 5) is 39.3. The number of ether oxygens (including phenoxy) is 3. The molecule has 1 N–H and O–H groups in total. The van der Waals surface area contributed by atoms with E-state index in [2.05, 4.69) is 6.92 Å². The van der Waals surface area contributed by atoms with E-state index in [1.807, 2.05) is 30.3 Å².